The zero-order valence-electron chi connectivity index (χ0n) is 7.96. The van der Waals surface area contributed by atoms with Gasteiger partial charge in [0.05, 0.1) is 0 Å². The normalized spacial score (nSPS) is 21.1. The lowest BCUT2D eigenvalue weighted by molar-refractivity contribution is 0.632. The van der Waals surface area contributed by atoms with Gasteiger partial charge in [0.2, 0.25) is 0 Å². The molecule has 0 aromatic carbocycles. The van der Waals surface area contributed by atoms with Gasteiger partial charge in [-0.05, 0) is 47.4 Å². The first-order valence-electron chi connectivity index (χ1n) is 4.93. The fourth-order valence-corrected chi connectivity index (χ4v) is 1.87. The van der Waals surface area contributed by atoms with Gasteiger partial charge in [-0.2, -0.15) is 0 Å². The summed E-state index contributed by atoms with van der Waals surface area (Å²) in [6, 6.07) is 4.59. The minimum absolute atomic E-state index is 0.612. The Hall–Kier alpha value is -0.610. The van der Waals surface area contributed by atoms with Gasteiger partial charge in [-0.1, -0.05) is 0 Å². The number of nitrogens with one attached hydrogen (secondary N) is 2. The summed E-state index contributed by atoms with van der Waals surface area (Å²) in [5, 5.41) is 6.76. The predicted octanol–water partition coefficient (Wildman–Crippen LogP) is 2.01. The second-order valence-electron chi connectivity index (χ2n) is 3.54. The van der Waals surface area contributed by atoms with Gasteiger partial charge in [-0.15, -0.1) is 0 Å². The molecule has 1 aliphatic rings. The summed E-state index contributed by atoms with van der Waals surface area (Å²) in [7, 11) is 0. The number of rotatable bonds is 3. The Morgan fingerprint density at radius 2 is 2.50 bits per heavy atom. The van der Waals surface area contributed by atoms with Crippen molar-refractivity contribution in [1.29, 1.82) is 0 Å². The third kappa shape index (κ3) is 2.69. The zero-order valence-corrected chi connectivity index (χ0v) is 9.55. The Bertz CT molecular complexity index is 280. The van der Waals surface area contributed by atoms with Crippen LogP contribution >= 0.6 is 15.9 Å². The smallest absolute Gasteiger partial charge is 0.126 e. The quantitative estimate of drug-likeness (QED) is 0.868. The molecule has 2 N–H and O–H groups in total. The van der Waals surface area contributed by atoms with Crippen LogP contribution in [0.25, 0.3) is 0 Å². The second-order valence-corrected chi connectivity index (χ2v) is 4.45. The molecule has 2 heterocycles. The number of hydrogen-bond donors (Lipinski definition) is 2. The fraction of sp³-hybridized carbons (Fsp3) is 0.500. The maximum atomic E-state index is 4.25. The van der Waals surface area contributed by atoms with E-state index in [0.29, 0.717) is 6.04 Å². The maximum absolute atomic E-state index is 4.25. The van der Waals surface area contributed by atoms with Gasteiger partial charge in [0, 0.05) is 23.3 Å². The van der Waals surface area contributed by atoms with Crippen LogP contribution < -0.4 is 10.6 Å². The molecule has 4 heteroatoms. The van der Waals surface area contributed by atoms with E-state index in [2.05, 4.69) is 31.5 Å². The topological polar surface area (TPSA) is 37.0 Å². The van der Waals surface area contributed by atoms with Crippen LogP contribution in [0.5, 0.6) is 0 Å². The summed E-state index contributed by atoms with van der Waals surface area (Å²) in [6.07, 6.45) is 4.37. The molecule has 1 aliphatic heterocycles. The highest BCUT2D eigenvalue weighted by Gasteiger charge is 2.12. The van der Waals surface area contributed by atoms with Gasteiger partial charge < -0.3 is 10.6 Å². The Kier molecular flexibility index (Phi) is 3.37. The summed E-state index contributed by atoms with van der Waals surface area (Å²) < 4.78 is 1.02. The molecule has 0 saturated carbocycles. The Morgan fingerprint density at radius 3 is 3.14 bits per heavy atom. The molecule has 2 rings (SSSR count). The number of anilines is 1. The van der Waals surface area contributed by atoms with E-state index in [1.165, 1.54) is 12.8 Å². The van der Waals surface area contributed by atoms with Crippen LogP contribution in [-0.2, 0) is 0 Å². The van der Waals surface area contributed by atoms with Crippen molar-refractivity contribution in [3.05, 3.63) is 22.8 Å². The molecule has 0 radical (unpaired) electrons. The Labute approximate surface area is 92.4 Å². The molecule has 0 spiro atoms. The van der Waals surface area contributed by atoms with Crippen molar-refractivity contribution in [1.82, 2.24) is 10.3 Å². The van der Waals surface area contributed by atoms with Crippen molar-refractivity contribution in [3.8, 4) is 0 Å². The number of nitrogens with zero attached hydrogens (tertiary/aromatic N) is 1. The molecular formula is C10H14BrN3. The molecular weight excluding hydrogens is 242 g/mol. The summed E-state index contributed by atoms with van der Waals surface area (Å²) in [5.74, 6) is 0.946. The Balaban J connectivity index is 1.82. The van der Waals surface area contributed by atoms with Gasteiger partial charge in [0.25, 0.3) is 0 Å². The van der Waals surface area contributed by atoms with Crippen LogP contribution in [0.4, 0.5) is 5.82 Å². The van der Waals surface area contributed by atoms with Crippen molar-refractivity contribution >= 4 is 21.7 Å². The largest absolute Gasteiger partial charge is 0.369 e. The minimum Gasteiger partial charge on any atom is -0.369 e. The lowest BCUT2D eigenvalue weighted by Gasteiger charge is -2.11. The van der Waals surface area contributed by atoms with E-state index in [1.54, 1.807) is 0 Å². The predicted molar refractivity (Wildman–Crippen MR) is 61.5 cm³/mol. The van der Waals surface area contributed by atoms with Crippen molar-refractivity contribution < 1.29 is 0 Å². The van der Waals surface area contributed by atoms with Gasteiger partial charge in [0.15, 0.2) is 0 Å². The molecule has 0 bridgehead atoms. The monoisotopic (exact) mass is 255 g/mol. The zero-order chi connectivity index (χ0) is 9.80. The number of halogens is 1. The van der Waals surface area contributed by atoms with E-state index in [1.807, 2.05) is 18.3 Å². The molecule has 0 unspecified atom stereocenters. The third-order valence-electron chi connectivity index (χ3n) is 2.42. The second kappa shape index (κ2) is 4.75. The van der Waals surface area contributed by atoms with Crippen LogP contribution in [0, 0.1) is 0 Å². The lowest BCUT2D eigenvalue weighted by atomic mass is 10.2. The van der Waals surface area contributed by atoms with Gasteiger partial charge in [-0.25, -0.2) is 4.98 Å². The molecule has 1 fully saturated rings. The highest BCUT2D eigenvalue weighted by atomic mass is 79.9. The molecule has 3 nitrogen and oxygen atoms in total. The molecule has 76 valence electrons. The first-order valence-corrected chi connectivity index (χ1v) is 5.73. The maximum Gasteiger partial charge on any atom is 0.126 e. The lowest BCUT2D eigenvalue weighted by Crippen LogP contribution is -2.29. The summed E-state index contributed by atoms with van der Waals surface area (Å²) in [6.45, 7) is 2.12. The van der Waals surface area contributed by atoms with Crippen molar-refractivity contribution in [2.24, 2.45) is 0 Å². The third-order valence-corrected chi connectivity index (χ3v) is 2.89. The average molecular weight is 256 g/mol. The van der Waals surface area contributed by atoms with Crippen molar-refractivity contribution in [2.45, 2.75) is 18.9 Å². The minimum atomic E-state index is 0.612. The van der Waals surface area contributed by atoms with E-state index in [-0.39, 0.29) is 0 Å². The molecule has 1 aromatic heterocycles. The number of pyridine rings is 1. The van der Waals surface area contributed by atoms with Crippen LogP contribution in [0.1, 0.15) is 12.8 Å². The van der Waals surface area contributed by atoms with E-state index in [9.17, 15) is 0 Å². The van der Waals surface area contributed by atoms with E-state index >= 15 is 0 Å². The Morgan fingerprint density at radius 1 is 1.57 bits per heavy atom. The van der Waals surface area contributed by atoms with Crippen molar-refractivity contribution in [3.63, 3.8) is 0 Å². The highest BCUT2D eigenvalue weighted by Crippen LogP contribution is 2.11. The first-order chi connectivity index (χ1) is 6.84. The molecule has 1 atom stereocenters. The highest BCUT2D eigenvalue weighted by molar-refractivity contribution is 9.10. The first kappa shape index (κ1) is 9.93. The van der Waals surface area contributed by atoms with Crippen molar-refractivity contribution in [2.75, 3.05) is 18.4 Å². The van der Waals surface area contributed by atoms with Crippen LogP contribution in [0.15, 0.2) is 22.8 Å². The number of aromatic nitrogens is 1. The van der Waals surface area contributed by atoms with Crippen LogP contribution in [-0.4, -0.2) is 24.1 Å². The van der Waals surface area contributed by atoms with E-state index in [0.717, 1.165) is 23.4 Å². The van der Waals surface area contributed by atoms with E-state index < -0.39 is 0 Å². The fourth-order valence-electron chi connectivity index (χ4n) is 1.64. The number of hydrogen-bond acceptors (Lipinski definition) is 3. The van der Waals surface area contributed by atoms with Gasteiger partial charge in [0.1, 0.15) is 5.82 Å². The molecule has 1 saturated heterocycles. The summed E-state index contributed by atoms with van der Waals surface area (Å²) in [5.41, 5.74) is 0. The molecule has 0 aliphatic carbocycles. The summed E-state index contributed by atoms with van der Waals surface area (Å²) in [4.78, 5) is 4.25. The van der Waals surface area contributed by atoms with E-state index in [4.69, 9.17) is 0 Å². The summed E-state index contributed by atoms with van der Waals surface area (Å²) >= 11 is 3.36. The standard InChI is InChI=1S/C10H14BrN3/c11-8-3-4-10(13-6-8)14-7-9-2-1-5-12-9/h3-4,6,9,12H,1-2,5,7H2,(H,13,14)/t9-/m0/s1. The molecule has 0 amide bonds. The van der Waals surface area contributed by atoms with Gasteiger partial charge >= 0.3 is 0 Å². The SMILES string of the molecule is Brc1ccc(NC[C@@H]2CCCN2)nc1. The van der Waals surface area contributed by atoms with Gasteiger partial charge in [-0.3, -0.25) is 0 Å². The molecule has 14 heavy (non-hydrogen) atoms. The molecule has 1 aromatic rings. The van der Waals surface area contributed by atoms with Crippen LogP contribution in [0.3, 0.4) is 0 Å². The average Bonchev–Trinajstić information content (AvgIpc) is 2.70. The van der Waals surface area contributed by atoms with Crippen LogP contribution in [0.2, 0.25) is 0 Å².